The van der Waals surface area contributed by atoms with E-state index in [1.54, 1.807) is 31.5 Å². The number of esters is 1. The van der Waals surface area contributed by atoms with Gasteiger partial charge in [-0.15, -0.1) is 0 Å². The molecule has 0 radical (unpaired) electrons. The second-order valence-electron chi connectivity index (χ2n) is 5.23. The van der Waals surface area contributed by atoms with Gasteiger partial charge in [0.2, 0.25) is 0 Å². The Morgan fingerprint density at radius 3 is 2.60 bits per heavy atom. The number of ether oxygens (including phenoxy) is 1. The summed E-state index contributed by atoms with van der Waals surface area (Å²) in [7, 11) is 0. The molecule has 0 saturated carbocycles. The summed E-state index contributed by atoms with van der Waals surface area (Å²) in [6, 6.07) is 1.46. The predicted molar refractivity (Wildman–Crippen MR) is 80.3 cm³/mol. The highest BCUT2D eigenvalue weighted by Gasteiger charge is 2.25. The summed E-state index contributed by atoms with van der Waals surface area (Å²) in [6.45, 7) is 11.4. The molecule has 110 valence electrons. The fraction of sp³-hybridized carbons (Fsp3) is 0.500. The average Bonchev–Trinajstić information content (AvgIpc) is 2.35. The van der Waals surface area contributed by atoms with E-state index in [1.807, 2.05) is 6.92 Å². The molecule has 20 heavy (non-hydrogen) atoms. The SMILES string of the molecule is C=C(C)C(=O)OCC(C)(C)n1c(=O)ccn(CC)c1=S. The third-order valence-electron chi connectivity index (χ3n) is 2.91. The van der Waals surface area contributed by atoms with Gasteiger partial charge in [0.25, 0.3) is 5.56 Å². The Hall–Kier alpha value is -1.69. The molecular weight excluding hydrogens is 276 g/mol. The standard InChI is InChI=1S/C14H20N2O3S/c1-6-15-8-7-11(17)16(13(15)20)14(4,5)9-19-12(18)10(2)3/h7-8H,2,6,9H2,1,3-5H3. The first-order valence-corrected chi connectivity index (χ1v) is 6.77. The van der Waals surface area contributed by atoms with Gasteiger partial charge in [0, 0.05) is 24.4 Å². The Balaban J connectivity index is 3.16. The lowest BCUT2D eigenvalue weighted by atomic mass is 10.1. The highest BCUT2D eigenvalue weighted by Crippen LogP contribution is 2.15. The minimum absolute atomic E-state index is 0.0516. The number of rotatable bonds is 5. The van der Waals surface area contributed by atoms with Crippen molar-refractivity contribution in [3.63, 3.8) is 0 Å². The number of hydrogen-bond donors (Lipinski definition) is 0. The lowest BCUT2D eigenvalue weighted by molar-refractivity contribution is -0.141. The van der Waals surface area contributed by atoms with Crippen LogP contribution in [-0.2, 0) is 21.6 Å². The number of carbonyl (C=O) groups excluding carboxylic acids is 1. The van der Waals surface area contributed by atoms with E-state index in [-0.39, 0.29) is 12.2 Å². The third-order valence-corrected chi connectivity index (χ3v) is 3.32. The van der Waals surface area contributed by atoms with Gasteiger partial charge in [0.05, 0.1) is 5.54 Å². The molecule has 6 heteroatoms. The molecule has 0 aliphatic heterocycles. The van der Waals surface area contributed by atoms with E-state index in [0.717, 1.165) is 0 Å². The van der Waals surface area contributed by atoms with E-state index in [0.29, 0.717) is 16.9 Å². The van der Waals surface area contributed by atoms with Crippen molar-refractivity contribution in [2.24, 2.45) is 0 Å². The molecule has 0 N–H and O–H groups in total. The van der Waals surface area contributed by atoms with Gasteiger partial charge < -0.3 is 9.30 Å². The molecule has 0 aliphatic rings. The first-order chi connectivity index (χ1) is 9.20. The molecule has 0 aromatic carbocycles. The molecule has 0 unspecified atom stereocenters. The van der Waals surface area contributed by atoms with Crippen LogP contribution in [-0.4, -0.2) is 21.7 Å². The topological polar surface area (TPSA) is 53.2 Å². The molecule has 1 aromatic heterocycles. The molecule has 1 aromatic rings. The van der Waals surface area contributed by atoms with Crippen molar-refractivity contribution in [3.05, 3.63) is 39.5 Å². The number of carbonyl (C=O) groups is 1. The molecule has 1 heterocycles. The van der Waals surface area contributed by atoms with Crippen molar-refractivity contribution >= 4 is 18.2 Å². The fourth-order valence-corrected chi connectivity index (χ4v) is 2.27. The number of nitrogens with zero attached hydrogens (tertiary/aromatic N) is 2. The Bertz CT molecular complexity index is 641. The van der Waals surface area contributed by atoms with Gasteiger partial charge in [-0.1, -0.05) is 6.58 Å². The summed E-state index contributed by atoms with van der Waals surface area (Å²) in [5, 5.41) is 0. The molecule has 1 rings (SSSR count). The van der Waals surface area contributed by atoms with Crippen LogP contribution < -0.4 is 5.56 Å². The van der Waals surface area contributed by atoms with Crippen LogP contribution in [0.4, 0.5) is 0 Å². The average molecular weight is 296 g/mol. The van der Waals surface area contributed by atoms with Crippen molar-refractivity contribution in [1.82, 2.24) is 9.13 Å². The van der Waals surface area contributed by atoms with Crippen LogP contribution in [0.2, 0.25) is 0 Å². The summed E-state index contributed by atoms with van der Waals surface area (Å²) < 4.78 is 8.83. The highest BCUT2D eigenvalue weighted by atomic mass is 32.1. The summed E-state index contributed by atoms with van der Waals surface area (Å²) >= 11 is 5.33. The zero-order chi connectivity index (χ0) is 15.5. The van der Waals surface area contributed by atoms with Crippen LogP contribution in [0, 0.1) is 4.77 Å². The minimum atomic E-state index is -0.725. The van der Waals surface area contributed by atoms with Crippen LogP contribution in [0.3, 0.4) is 0 Å². The van der Waals surface area contributed by atoms with E-state index < -0.39 is 11.5 Å². The molecule has 0 spiro atoms. The summed E-state index contributed by atoms with van der Waals surface area (Å²) in [4.78, 5) is 23.5. The number of hydrogen-bond acceptors (Lipinski definition) is 4. The van der Waals surface area contributed by atoms with Crippen molar-refractivity contribution in [2.75, 3.05) is 6.61 Å². The maximum atomic E-state index is 12.1. The fourth-order valence-electron chi connectivity index (χ4n) is 1.74. The molecule has 0 aliphatic carbocycles. The second-order valence-corrected chi connectivity index (χ2v) is 5.59. The molecule has 0 atom stereocenters. The minimum Gasteiger partial charge on any atom is -0.460 e. The Labute approximate surface area is 123 Å². The van der Waals surface area contributed by atoms with Gasteiger partial charge in [-0.3, -0.25) is 9.36 Å². The van der Waals surface area contributed by atoms with Gasteiger partial charge in [0.15, 0.2) is 4.77 Å². The third kappa shape index (κ3) is 3.45. The van der Waals surface area contributed by atoms with Crippen LogP contribution in [0.15, 0.2) is 29.2 Å². The van der Waals surface area contributed by atoms with E-state index in [1.165, 1.54) is 10.6 Å². The molecule has 0 fully saturated rings. The zero-order valence-corrected chi connectivity index (χ0v) is 13.1. The Morgan fingerprint density at radius 2 is 2.10 bits per heavy atom. The van der Waals surface area contributed by atoms with Crippen LogP contribution in [0.1, 0.15) is 27.7 Å². The zero-order valence-electron chi connectivity index (χ0n) is 12.3. The normalized spacial score (nSPS) is 11.2. The van der Waals surface area contributed by atoms with Crippen molar-refractivity contribution in [3.8, 4) is 0 Å². The molecular formula is C14H20N2O3S. The number of aryl methyl sites for hydroxylation is 1. The van der Waals surface area contributed by atoms with Crippen LogP contribution in [0.25, 0.3) is 0 Å². The van der Waals surface area contributed by atoms with Gasteiger partial charge in [0.1, 0.15) is 6.61 Å². The summed E-state index contributed by atoms with van der Waals surface area (Å²) in [6.07, 6.45) is 1.66. The lowest BCUT2D eigenvalue weighted by Crippen LogP contribution is -2.42. The molecule has 0 saturated heterocycles. The maximum Gasteiger partial charge on any atom is 0.333 e. The molecule has 0 bridgehead atoms. The van der Waals surface area contributed by atoms with Crippen LogP contribution >= 0.6 is 12.2 Å². The second kappa shape index (κ2) is 6.17. The highest BCUT2D eigenvalue weighted by molar-refractivity contribution is 7.71. The van der Waals surface area contributed by atoms with Gasteiger partial charge in [-0.25, -0.2) is 4.79 Å². The quantitative estimate of drug-likeness (QED) is 0.475. The largest absolute Gasteiger partial charge is 0.460 e. The van der Waals surface area contributed by atoms with Gasteiger partial charge >= 0.3 is 5.97 Å². The van der Waals surface area contributed by atoms with Crippen molar-refractivity contribution in [1.29, 1.82) is 0 Å². The van der Waals surface area contributed by atoms with E-state index in [9.17, 15) is 9.59 Å². The van der Waals surface area contributed by atoms with Gasteiger partial charge in [-0.05, 0) is 39.9 Å². The van der Waals surface area contributed by atoms with Crippen LogP contribution in [0.5, 0.6) is 0 Å². The monoisotopic (exact) mass is 296 g/mol. The maximum absolute atomic E-state index is 12.1. The van der Waals surface area contributed by atoms with Crippen molar-refractivity contribution < 1.29 is 9.53 Å². The smallest absolute Gasteiger partial charge is 0.333 e. The number of aromatic nitrogens is 2. The van der Waals surface area contributed by atoms with Crippen molar-refractivity contribution in [2.45, 2.75) is 39.8 Å². The first-order valence-electron chi connectivity index (χ1n) is 6.36. The van der Waals surface area contributed by atoms with E-state index in [4.69, 9.17) is 17.0 Å². The van der Waals surface area contributed by atoms with E-state index >= 15 is 0 Å². The Morgan fingerprint density at radius 1 is 1.50 bits per heavy atom. The van der Waals surface area contributed by atoms with Gasteiger partial charge in [-0.2, -0.15) is 0 Å². The van der Waals surface area contributed by atoms with E-state index in [2.05, 4.69) is 6.58 Å². The first kappa shape index (κ1) is 16.4. The lowest BCUT2D eigenvalue weighted by Gasteiger charge is -2.27. The Kier molecular flexibility index (Phi) is 5.05. The predicted octanol–water partition coefficient (Wildman–Crippen LogP) is 2.25. The molecule has 0 amide bonds. The molecule has 5 nitrogen and oxygen atoms in total. The summed E-state index contributed by atoms with van der Waals surface area (Å²) in [5.74, 6) is -0.476. The summed E-state index contributed by atoms with van der Waals surface area (Å²) in [5.41, 5.74) is -0.614.